The van der Waals surface area contributed by atoms with Crippen molar-refractivity contribution < 1.29 is 14.7 Å². The number of nitrogens with two attached hydrogens (primary N) is 1. The maximum atomic E-state index is 11.9. The Balaban J connectivity index is 1.94. The van der Waals surface area contributed by atoms with Gasteiger partial charge < -0.3 is 16.3 Å². The molecule has 2 aromatic rings. The molecule has 0 bridgehead atoms. The number of aromatic nitrogens is 3. The van der Waals surface area contributed by atoms with Gasteiger partial charge in [-0.3, -0.25) is 4.79 Å². The number of aryl methyl sites for hydroxylation is 1. The van der Waals surface area contributed by atoms with Crippen molar-refractivity contribution in [2.75, 3.05) is 16.9 Å². The van der Waals surface area contributed by atoms with Crippen LogP contribution in [0.25, 0.3) is 0 Å². The molecule has 0 aliphatic rings. The van der Waals surface area contributed by atoms with Gasteiger partial charge in [0.05, 0.1) is 11.3 Å². The minimum absolute atomic E-state index is 0.0936. The number of carbonyl (C=O) groups excluding carboxylic acids is 1. The van der Waals surface area contributed by atoms with Crippen molar-refractivity contribution in [2.24, 2.45) is 0 Å². The summed E-state index contributed by atoms with van der Waals surface area (Å²) in [6.07, 6.45) is 0.651. The zero-order chi connectivity index (χ0) is 16.1. The van der Waals surface area contributed by atoms with Crippen LogP contribution in [0.4, 0.5) is 5.69 Å². The van der Waals surface area contributed by atoms with Gasteiger partial charge in [0.25, 0.3) is 0 Å². The minimum Gasteiger partial charge on any atom is -0.478 e. The number of carboxylic acids is 1. The standard InChI is InChI=1S/C13H15N5O3S/c1-2-10-16-17-13(18(10)14)22-7-11(19)15-9-5-3-4-8(6-9)12(20)21/h3-6H,2,7,14H2,1H3,(H,15,19)(H,20,21). The third-order valence-corrected chi connectivity index (χ3v) is 3.72. The minimum atomic E-state index is -1.05. The molecule has 0 radical (unpaired) electrons. The predicted octanol–water partition coefficient (Wildman–Crippen LogP) is 0.983. The topological polar surface area (TPSA) is 123 Å². The highest BCUT2D eigenvalue weighted by molar-refractivity contribution is 7.99. The van der Waals surface area contributed by atoms with Crippen molar-refractivity contribution in [1.82, 2.24) is 14.9 Å². The number of hydrogen-bond donors (Lipinski definition) is 3. The summed E-state index contributed by atoms with van der Waals surface area (Å²) in [6, 6.07) is 6.04. The van der Waals surface area contributed by atoms with E-state index in [0.29, 0.717) is 23.1 Å². The quantitative estimate of drug-likeness (QED) is 0.535. The van der Waals surface area contributed by atoms with Crippen molar-refractivity contribution in [3.63, 3.8) is 0 Å². The summed E-state index contributed by atoms with van der Waals surface area (Å²) in [6.45, 7) is 1.91. The summed E-state index contributed by atoms with van der Waals surface area (Å²) >= 11 is 1.16. The molecule has 1 aromatic carbocycles. The van der Waals surface area contributed by atoms with Crippen LogP contribution >= 0.6 is 11.8 Å². The first-order valence-electron chi connectivity index (χ1n) is 6.46. The second kappa shape index (κ2) is 6.94. The van der Waals surface area contributed by atoms with Gasteiger partial charge in [-0.1, -0.05) is 24.8 Å². The van der Waals surface area contributed by atoms with Crippen LogP contribution in [0, 0.1) is 0 Å². The maximum absolute atomic E-state index is 11.9. The highest BCUT2D eigenvalue weighted by Gasteiger charge is 2.11. The van der Waals surface area contributed by atoms with Gasteiger partial charge >= 0.3 is 5.97 Å². The fraction of sp³-hybridized carbons (Fsp3) is 0.231. The number of aromatic carboxylic acids is 1. The lowest BCUT2D eigenvalue weighted by molar-refractivity contribution is -0.113. The molecular weight excluding hydrogens is 306 g/mol. The van der Waals surface area contributed by atoms with E-state index in [9.17, 15) is 9.59 Å². The molecule has 2 rings (SSSR count). The SMILES string of the molecule is CCc1nnc(SCC(=O)Nc2cccc(C(=O)O)c2)n1N. The van der Waals surface area contributed by atoms with Crippen molar-refractivity contribution in [3.05, 3.63) is 35.7 Å². The van der Waals surface area contributed by atoms with E-state index in [0.717, 1.165) is 11.8 Å². The van der Waals surface area contributed by atoms with Gasteiger partial charge in [0.1, 0.15) is 0 Å². The number of hydrogen-bond acceptors (Lipinski definition) is 6. The fourth-order valence-corrected chi connectivity index (χ4v) is 2.38. The van der Waals surface area contributed by atoms with E-state index in [1.807, 2.05) is 6.92 Å². The molecule has 0 spiro atoms. The van der Waals surface area contributed by atoms with E-state index in [4.69, 9.17) is 10.9 Å². The molecule has 0 fully saturated rings. The molecular formula is C13H15N5O3S. The van der Waals surface area contributed by atoms with E-state index in [1.54, 1.807) is 12.1 Å². The summed E-state index contributed by atoms with van der Waals surface area (Å²) < 4.78 is 1.35. The van der Waals surface area contributed by atoms with Crippen molar-refractivity contribution in [3.8, 4) is 0 Å². The highest BCUT2D eigenvalue weighted by Crippen LogP contribution is 2.16. The van der Waals surface area contributed by atoms with Gasteiger partial charge in [-0.05, 0) is 18.2 Å². The first-order chi connectivity index (χ1) is 10.5. The van der Waals surface area contributed by atoms with Crippen LogP contribution in [0.5, 0.6) is 0 Å². The number of amides is 1. The van der Waals surface area contributed by atoms with Gasteiger partial charge in [-0.25, -0.2) is 9.47 Å². The van der Waals surface area contributed by atoms with Crippen LogP contribution in [-0.4, -0.2) is 37.6 Å². The van der Waals surface area contributed by atoms with Crippen molar-refractivity contribution in [1.29, 1.82) is 0 Å². The van der Waals surface area contributed by atoms with E-state index < -0.39 is 5.97 Å². The molecule has 116 valence electrons. The average molecular weight is 321 g/mol. The number of nitrogens with zero attached hydrogens (tertiary/aromatic N) is 3. The van der Waals surface area contributed by atoms with Crippen LogP contribution in [-0.2, 0) is 11.2 Å². The number of carboxylic acid groups (broad SMARTS) is 1. The molecule has 1 aromatic heterocycles. The third-order valence-electron chi connectivity index (χ3n) is 2.78. The maximum Gasteiger partial charge on any atom is 0.335 e. The number of anilines is 1. The second-order valence-electron chi connectivity index (χ2n) is 4.35. The van der Waals surface area contributed by atoms with Crippen LogP contribution < -0.4 is 11.2 Å². The molecule has 1 heterocycles. The molecule has 9 heteroatoms. The molecule has 0 aliphatic carbocycles. The Morgan fingerprint density at radius 3 is 2.82 bits per heavy atom. The lowest BCUT2D eigenvalue weighted by Gasteiger charge is -2.06. The Kier molecular flexibility index (Phi) is 4.99. The van der Waals surface area contributed by atoms with Crippen LogP contribution in [0.1, 0.15) is 23.1 Å². The number of nitrogen functional groups attached to an aromatic ring is 1. The third kappa shape index (κ3) is 3.76. The molecule has 0 atom stereocenters. The highest BCUT2D eigenvalue weighted by atomic mass is 32.2. The van der Waals surface area contributed by atoms with E-state index >= 15 is 0 Å². The summed E-state index contributed by atoms with van der Waals surface area (Å²) in [4.78, 5) is 22.7. The number of nitrogens with one attached hydrogen (secondary N) is 1. The lowest BCUT2D eigenvalue weighted by Crippen LogP contribution is -2.17. The lowest BCUT2D eigenvalue weighted by atomic mass is 10.2. The Bertz CT molecular complexity index is 701. The summed E-state index contributed by atoms with van der Waals surface area (Å²) in [5, 5.41) is 19.8. The first kappa shape index (κ1) is 15.8. The molecule has 1 amide bonds. The van der Waals surface area contributed by atoms with E-state index in [2.05, 4.69) is 15.5 Å². The molecule has 8 nitrogen and oxygen atoms in total. The van der Waals surface area contributed by atoms with Crippen molar-refractivity contribution >= 4 is 29.3 Å². The van der Waals surface area contributed by atoms with Gasteiger partial charge in [0, 0.05) is 12.1 Å². The van der Waals surface area contributed by atoms with Gasteiger partial charge in [0.2, 0.25) is 11.1 Å². The van der Waals surface area contributed by atoms with Gasteiger partial charge in [-0.2, -0.15) is 0 Å². The van der Waals surface area contributed by atoms with Crippen LogP contribution in [0.15, 0.2) is 29.4 Å². The zero-order valence-corrected chi connectivity index (χ0v) is 12.6. The Hall–Kier alpha value is -2.55. The Morgan fingerprint density at radius 2 is 2.18 bits per heavy atom. The Morgan fingerprint density at radius 1 is 1.41 bits per heavy atom. The Labute approximate surface area is 130 Å². The summed E-state index contributed by atoms with van der Waals surface area (Å²) in [5.41, 5.74) is 0.536. The zero-order valence-electron chi connectivity index (χ0n) is 11.8. The van der Waals surface area contributed by atoms with E-state index in [-0.39, 0.29) is 17.2 Å². The fourth-order valence-electron chi connectivity index (χ4n) is 1.70. The molecule has 0 saturated carbocycles. The first-order valence-corrected chi connectivity index (χ1v) is 7.45. The van der Waals surface area contributed by atoms with Crippen molar-refractivity contribution in [2.45, 2.75) is 18.5 Å². The normalized spacial score (nSPS) is 10.4. The number of rotatable bonds is 6. The van der Waals surface area contributed by atoms with Gasteiger partial charge in [0.15, 0.2) is 5.82 Å². The smallest absolute Gasteiger partial charge is 0.335 e. The number of benzene rings is 1. The van der Waals surface area contributed by atoms with E-state index in [1.165, 1.54) is 16.8 Å². The molecule has 22 heavy (non-hydrogen) atoms. The van der Waals surface area contributed by atoms with Crippen LogP contribution in [0.2, 0.25) is 0 Å². The summed E-state index contributed by atoms with van der Waals surface area (Å²) in [7, 11) is 0. The molecule has 0 aliphatic heterocycles. The number of thioether (sulfide) groups is 1. The van der Waals surface area contributed by atoms with Gasteiger partial charge in [-0.15, -0.1) is 10.2 Å². The second-order valence-corrected chi connectivity index (χ2v) is 5.29. The number of carbonyl (C=O) groups is 2. The predicted molar refractivity (Wildman–Crippen MR) is 82.3 cm³/mol. The van der Waals surface area contributed by atoms with Crippen LogP contribution in [0.3, 0.4) is 0 Å². The average Bonchev–Trinajstić information content (AvgIpc) is 2.85. The summed E-state index contributed by atoms with van der Waals surface area (Å²) in [5.74, 6) is 5.18. The largest absolute Gasteiger partial charge is 0.478 e. The molecule has 0 saturated heterocycles. The monoisotopic (exact) mass is 321 g/mol. The molecule has 4 N–H and O–H groups in total. The molecule has 0 unspecified atom stereocenters.